The van der Waals surface area contributed by atoms with Crippen LogP contribution in [0.3, 0.4) is 0 Å². The molecule has 1 fully saturated rings. The molecule has 116 valence electrons. The zero-order valence-electron chi connectivity index (χ0n) is 12.8. The highest BCUT2D eigenvalue weighted by atomic mass is 32.1. The largest absolute Gasteiger partial charge is 0.347 e. The van der Waals surface area contributed by atoms with Gasteiger partial charge in [-0.2, -0.15) is 0 Å². The summed E-state index contributed by atoms with van der Waals surface area (Å²) in [6.07, 6.45) is 8.52. The molecule has 22 heavy (non-hydrogen) atoms. The Morgan fingerprint density at radius 2 is 2.23 bits per heavy atom. The number of nitrogens with zero attached hydrogens (tertiary/aromatic N) is 5. The molecule has 1 saturated heterocycles. The second-order valence-electron chi connectivity index (χ2n) is 5.60. The van der Waals surface area contributed by atoms with Crippen LogP contribution >= 0.6 is 11.3 Å². The second kappa shape index (κ2) is 6.10. The van der Waals surface area contributed by atoms with Crippen molar-refractivity contribution in [3.63, 3.8) is 0 Å². The second-order valence-corrected chi connectivity index (χ2v) is 6.58. The molecule has 0 unspecified atom stereocenters. The Morgan fingerprint density at radius 3 is 2.86 bits per heavy atom. The molecule has 2 aromatic heterocycles. The van der Waals surface area contributed by atoms with E-state index in [1.807, 2.05) is 5.38 Å². The molecule has 6 nitrogen and oxygen atoms in total. The number of carbonyl (C=O) groups excluding carboxylic acids is 1. The van der Waals surface area contributed by atoms with Crippen LogP contribution in [0.15, 0.2) is 30.2 Å². The summed E-state index contributed by atoms with van der Waals surface area (Å²) in [4.78, 5) is 29.8. The van der Waals surface area contributed by atoms with Crippen LogP contribution in [0.5, 0.6) is 0 Å². The standard InChI is InChI=1S/C15H19N5OS/c1-19(2)14(21)15(12-10-16-5-6-17-12)4-3-8-20(15)11-13-18-7-9-22-13/h5-7,9-10H,3-4,8,11H2,1-2H3/t15-/m1/s1. The first-order valence-electron chi connectivity index (χ1n) is 7.26. The Labute approximate surface area is 133 Å². The van der Waals surface area contributed by atoms with Crippen LogP contribution in [0.25, 0.3) is 0 Å². The molecule has 0 N–H and O–H groups in total. The molecule has 1 amide bonds. The van der Waals surface area contributed by atoms with Crippen LogP contribution in [0.4, 0.5) is 0 Å². The third kappa shape index (κ3) is 2.50. The summed E-state index contributed by atoms with van der Waals surface area (Å²) in [5.74, 6) is 0.0575. The number of thiazole rings is 1. The minimum Gasteiger partial charge on any atom is -0.347 e. The van der Waals surface area contributed by atoms with E-state index in [2.05, 4.69) is 19.9 Å². The molecule has 0 bridgehead atoms. The minimum absolute atomic E-state index is 0.0575. The third-order valence-electron chi connectivity index (χ3n) is 4.06. The topological polar surface area (TPSA) is 62.2 Å². The Kier molecular flexibility index (Phi) is 4.17. The van der Waals surface area contributed by atoms with Gasteiger partial charge in [0, 0.05) is 44.6 Å². The summed E-state index contributed by atoms with van der Waals surface area (Å²) in [5.41, 5.74) is -0.00793. The number of amides is 1. The average Bonchev–Trinajstić information content (AvgIpc) is 3.18. The van der Waals surface area contributed by atoms with Gasteiger partial charge < -0.3 is 4.90 Å². The normalized spacial score (nSPS) is 21.9. The highest BCUT2D eigenvalue weighted by molar-refractivity contribution is 7.09. The molecule has 2 aromatic rings. The molecule has 1 aliphatic rings. The van der Waals surface area contributed by atoms with Crippen molar-refractivity contribution in [2.75, 3.05) is 20.6 Å². The predicted octanol–water partition coefficient (Wildman–Crippen LogP) is 1.51. The lowest BCUT2D eigenvalue weighted by molar-refractivity contribution is -0.141. The van der Waals surface area contributed by atoms with Crippen molar-refractivity contribution in [3.8, 4) is 0 Å². The lowest BCUT2D eigenvalue weighted by Gasteiger charge is -2.37. The van der Waals surface area contributed by atoms with Crippen LogP contribution in [0, 0.1) is 0 Å². The quantitative estimate of drug-likeness (QED) is 0.855. The molecule has 0 saturated carbocycles. The van der Waals surface area contributed by atoms with E-state index in [1.54, 1.807) is 55.1 Å². The van der Waals surface area contributed by atoms with Crippen molar-refractivity contribution in [3.05, 3.63) is 40.9 Å². The zero-order valence-corrected chi connectivity index (χ0v) is 13.6. The maximum atomic E-state index is 13.0. The van der Waals surface area contributed by atoms with E-state index in [-0.39, 0.29) is 5.91 Å². The fourth-order valence-corrected chi connectivity index (χ4v) is 3.74. The van der Waals surface area contributed by atoms with Gasteiger partial charge in [0.15, 0.2) is 0 Å². The van der Waals surface area contributed by atoms with E-state index >= 15 is 0 Å². The lowest BCUT2D eigenvalue weighted by Crippen LogP contribution is -2.52. The number of hydrogen-bond acceptors (Lipinski definition) is 6. The molecule has 1 aliphatic heterocycles. The van der Waals surface area contributed by atoms with Crippen LogP contribution in [0.2, 0.25) is 0 Å². The maximum Gasteiger partial charge on any atom is 0.248 e. The first kappa shape index (κ1) is 15.1. The summed E-state index contributed by atoms with van der Waals surface area (Å²) in [6.45, 7) is 1.52. The maximum absolute atomic E-state index is 13.0. The van der Waals surface area contributed by atoms with E-state index in [4.69, 9.17) is 0 Å². The van der Waals surface area contributed by atoms with Gasteiger partial charge >= 0.3 is 0 Å². The van der Waals surface area contributed by atoms with Gasteiger partial charge in [-0.05, 0) is 12.8 Å². The number of aromatic nitrogens is 3. The Hall–Kier alpha value is -1.86. The molecule has 0 radical (unpaired) electrons. The Balaban J connectivity index is 2.02. The highest BCUT2D eigenvalue weighted by Crippen LogP contribution is 2.40. The molecule has 0 aromatic carbocycles. The van der Waals surface area contributed by atoms with E-state index in [0.717, 1.165) is 30.1 Å². The van der Waals surface area contributed by atoms with Gasteiger partial charge in [-0.3, -0.25) is 19.7 Å². The number of likely N-dealkylation sites (N-methyl/N-ethyl adjacent to an activating group) is 1. The van der Waals surface area contributed by atoms with E-state index in [9.17, 15) is 4.79 Å². The zero-order chi connectivity index (χ0) is 15.6. The van der Waals surface area contributed by atoms with Crippen LogP contribution in [-0.2, 0) is 16.9 Å². The van der Waals surface area contributed by atoms with Crippen LogP contribution < -0.4 is 0 Å². The lowest BCUT2D eigenvalue weighted by atomic mass is 9.90. The molecule has 7 heteroatoms. The third-order valence-corrected chi connectivity index (χ3v) is 4.83. The van der Waals surface area contributed by atoms with Crippen molar-refractivity contribution in [2.24, 2.45) is 0 Å². The monoisotopic (exact) mass is 317 g/mol. The summed E-state index contributed by atoms with van der Waals surface area (Å²) < 4.78 is 0. The van der Waals surface area contributed by atoms with Gasteiger partial charge in [0.1, 0.15) is 10.5 Å². The highest BCUT2D eigenvalue weighted by Gasteiger charge is 2.51. The average molecular weight is 317 g/mol. The summed E-state index contributed by atoms with van der Waals surface area (Å²) >= 11 is 1.61. The fraction of sp³-hybridized carbons (Fsp3) is 0.467. The fourth-order valence-electron chi connectivity index (χ4n) is 3.11. The van der Waals surface area contributed by atoms with E-state index in [1.165, 1.54) is 0 Å². The van der Waals surface area contributed by atoms with Gasteiger partial charge in [0.05, 0.1) is 18.4 Å². The molecule has 0 aliphatic carbocycles. The van der Waals surface area contributed by atoms with Crippen molar-refractivity contribution < 1.29 is 4.79 Å². The molecular formula is C15H19N5OS. The Morgan fingerprint density at radius 1 is 1.36 bits per heavy atom. The number of likely N-dealkylation sites (tertiary alicyclic amines) is 1. The van der Waals surface area contributed by atoms with Crippen molar-refractivity contribution in [1.29, 1.82) is 0 Å². The minimum atomic E-state index is -0.733. The SMILES string of the molecule is CN(C)C(=O)[C@]1(c2cnccn2)CCCN1Cc1nccs1. The number of carbonyl (C=O) groups is 1. The summed E-state index contributed by atoms with van der Waals surface area (Å²) in [7, 11) is 3.58. The van der Waals surface area contributed by atoms with E-state index < -0.39 is 5.54 Å². The van der Waals surface area contributed by atoms with Crippen molar-refractivity contribution in [1.82, 2.24) is 24.8 Å². The summed E-state index contributed by atoms with van der Waals surface area (Å²) in [6, 6.07) is 0. The van der Waals surface area contributed by atoms with Gasteiger partial charge in [-0.15, -0.1) is 11.3 Å². The summed E-state index contributed by atoms with van der Waals surface area (Å²) in [5, 5.41) is 2.98. The molecular weight excluding hydrogens is 298 g/mol. The van der Waals surface area contributed by atoms with E-state index in [0.29, 0.717) is 6.54 Å². The van der Waals surface area contributed by atoms with Gasteiger partial charge in [-0.25, -0.2) is 4.98 Å². The number of rotatable bonds is 4. The van der Waals surface area contributed by atoms with Crippen molar-refractivity contribution >= 4 is 17.2 Å². The van der Waals surface area contributed by atoms with Gasteiger partial charge in [0.2, 0.25) is 5.91 Å². The number of hydrogen-bond donors (Lipinski definition) is 0. The first-order valence-corrected chi connectivity index (χ1v) is 8.14. The molecule has 3 heterocycles. The molecule has 1 atom stereocenters. The van der Waals surface area contributed by atoms with Crippen LogP contribution in [0.1, 0.15) is 23.5 Å². The van der Waals surface area contributed by atoms with Crippen LogP contribution in [-0.4, -0.2) is 51.3 Å². The Bertz CT molecular complexity index is 631. The first-order chi connectivity index (χ1) is 10.6. The predicted molar refractivity (Wildman–Crippen MR) is 84.2 cm³/mol. The van der Waals surface area contributed by atoms with Crippen molar-refractivity contribution in [2.45, 2.75) is 24.9 Å². The van der Waals surface area contributed by atoms with Gasteiger partial charge in [0.25, 0.3) is 0 Å². The smallest absolute Gasteiger partial charge is 0.248 e. The molecule has 3 rings (SSSR count). The van der Waals surface area contributed by atoms with Gasteiger partial charge in [-0.1, -0.05) is 0 Å². The molecule has 0 spiro atoms.